The third kappa shape index (κ3) is 1.71. The zero-order valence-corrected chi connectivity index (χ0v) is 12.6. The van der Waals surface area contributed by atoms with Crippen LogP contribution in [0.5, 0.6) is 0 Å². The monoisotopic (exact) mass is 288 g/mol. The van der Waals surface area contributed by atoms with E-state index in [9.17, 15) is 5.26 Å². The summed E-state index contributed by atoms with van der Waals surface area (Å²) in [5.41, 5.74) is 2.70. The lowest BCUT2D eigenvalue weighted by molar-refractivity contribution is 0.0200. The lowest BCUT2D eigenvalue weighted by atomic mass is 9.97. The average molecular weight is 288 g/mol. The predicted octanol–water partition coefficient (Wildman–Crippen LogP) is 4.22. The van der Waals surface area contributed by atoms with Gasteiger partial charge in [-0.15, -0.1) is 0 Å². The van der Waals surface area contributed by atoms with Gasteiger partial charge in [-0.05, 0) is 30.9 Å². The number of hydrogen-bond acceptors (Lipinski definition) is 3. The lowest BCUT2D eigenvalue weighted by Gasteiger charge is -2.30. The van der Waals surface area contributed by atoms with Crippen molar-refractivity contribution in [2.24, 2.45) is 0 Å². The fraction of sp³-hybridized carbons (Fsp3) is 0.211. The van der Waals surface area contributed by atoms with Crippen LogP contribution in [0, 0.1) is 11.3 Å². The van der Waals surface area contributed by atoms with Gasteiger partial charge in [-0.2, -0.15) is 5.26 Å². The fourth-order valence-electron chi connectivity index (χ4n) is 3.38. The van der Waals surface area contributed by atoms with E-state index in [1.165, 1.54) is 10.8 Å². The molecular formula is C19H16N2O. The first-order valence-corrected chi connectivity index (χ1v) is 7.39. The molecule has 0 amide bonds. The molecule has 4 rings (SSSR count). The average Bonchev–Trinajstić information content (AvgIpc) is 2.78. The summed E-state index contributed by atoms with van der Waals surface area (Å²) in [6.07, 6.45) is 5.60. The molecule has 0 aromatic heterocycles. The minimum absolute atomic E-state index is 0.159. The Labute approximate surface area is 129 Å². The second-order valence-corrected chi connectivity index (χ2v) is 6.13. The molecule has 2 aliphatic rings. The number of anilines is 1. The Kier molecular flexibility index (Phi) is 2.66. The number of rotatable bonds is 0. The van der Waals surface area contributed by atoms with E-state index in [0.29, 0.717) is 0 Å². The molecule has 0 aliphatic carbocycles. The standard InChI is InChI=1S/C19H16N2O/c1-19(2)16(11-12-20)21-17(22-19)10-9-14-8-7-13-5-3-4-6-15(13)18(14)21/h3-11,17H,1-2H3/b16-11+. The topological polar surface area (TPSA) is 36.3 Å². The smallest absolute Gasteiger partial charge is 0.155 e. The summed E-state index contributed by atoms with van der Waals surface area (Å²) in [5.74, 6) is 0. The van der Waals surface area contributed by atoms with Crippen LogP contribution >= 0.6 is 0 Å². The molecule has 0 bridgehead atoms. The van der Waals surface area contributed by atoms with Crippen LogP contribution in [-0.2, 0) is 4.74 Å². The van der Waals surface area contributed by atoms with Crippen molar-refractivity contribution in [1.29, 1.82) is 5.26 Å². The maximum absolute atomic E-state index is 9.18. The van der Waals surface area contributed by atoms with Crippen LogP contribution in [-0.4, -0.2) is 11.8 Å². The summed E-state index contributed by atoms with van der Waals surface area (Å²) in [4.78, 5) is 2.15. The third-order valence-electron chi connectivity index (χ3n) is 4.36. The number of nitrogens with zero attached hydrogens (tertiary/aromatic N) is 2. The summed E-state index contributed by atoms with van der Waals surface area (Å²) < 4.78 is 6.14. The molecule has 2 heterocycles. The summed E-state index contributed by atoms with van der Waals surface area (Å²) in [6, 6.07) is 14.8. The van der Waals surface area contributed by atoms with Crippen molar-refractivity contribution in [2.75, 3.05) is 4.90 Å². The van der Waals surface area contributed by atoms with Crippen LogP contribution in [0.15, 0.2) is 54.2 Å². The first-order chi connectivity index (χ1) is 10.6. The van der Waals surface area contributed by atoms with Gasteiger partial charge in [-0.25, -0.2) is 0 Å². The van der Waals surface area contributed by atoms with Crippen LogP contribution in [0.1, 0.15) is 19.4 Å². The van der Waals surface area contributed by atoms with E-state index in [4.69, 9.17) is 4.74 Å². The van der Waals surface area contributed by atoms with Crippen LogP contribution in [0.3, 0.4) is 0 Å². The van der Waals surface area contributed by atoms with Crippen LogP contribution in [0.25, 0.3) is 16.8 Å². The zero-order chi connectivity index (χ0) is 15.3. The highest BCUT2D eigenvalue weighted by molar-refractivity contribution is 6.00. The Bertz CT molecular complexity index is 871. The Morgan fingerprint density at radius 2 is 2.05 bits per heavy atom. The molecule has 2 aliphatic heterocycles. The van der Waals surface area contributed by atoms with Crippen molar-refractivity contribution in [3.63, 3.8) is 0 Å². The molecule has 22 heavy (non-hydrogen) atoms. The van der Waals surface area contributed by atoms with E-state index in [2.05, 4.69) is 47.4 Å². The SMILES string of the molecule is CC1(C)OC2C=Cc3ccc4ccccc4c3N2/C1=C/C#N. The second-order valence-electron chi connectivity index (χ2n) is 6.13. The Hall–Kier alpha value is -2.57. The van der Waals surface area contributed by atoms with E-state index in [-0.39, 0.29) is 6.23 Å². The summed E-state index contributed by atoms with van der Waals surface area (Å²) >= 11 is 0. The number of fused-ring (bicyclic) bond motifs is 5. The van der Waals surface area contributed by atoms with Gasteiger partial charge in [0.1, 0.15) is 5.60 Å². The van der Waals surface area contributed by atoms with Crippen LogP contribution in [0.2, 0.25) is 0 Å². The Morgan fingerprint density at radius 1 is 1.23 bits per heavy atom. The van der Waals surface area contributed by atoms with Gasteiger partial charge in [0, 0.05) is 11.5 Å². The molecule has 3 heteroatoms. The van der Waals surface area contributed by atoms with E-state index < -0.39 is 5.60 Å². The Balaban J connectivity index is 2.04. The van der Waals surface area contributed by atoms with Gasteiger partial charge in [0.2, 0.25) is 0 Å². The highest BCUT2D eigenvalue weighted by atomic mass is 16.5. The van der Waals surface area contributed by atoms with Crippen molar-refractivity contribution < 1.29 is 4.74 Å². The van der Waals surface area contributed by atoms with Crippen molar-refractivity contribution in [3.8, 4) is 6.07 Å². The molecular weight excluding hydrogens is 272 g/mol. The van der Waals surface area contributed by atoms with Crippen molar-refractivity contribution in [2.45, 2.75) is 25.7 Å². The summed E-state index contributed by atoms with van der Waals surface area (Å²) in [5, 5.41) is 11.6. The summed E-state index contributed by atoms with van der Waals surface area (Å²) in [7, 11) is 0. The molecule has 3 nitrogen and oxygen atoms in total. The molecule has 0 N–H and O–H groups in total. The minimum Gasteiger partial charge on any atom is -0.342 e. The molecule has 1 saturated heterocycles. The van der Waals surface area contributed by atoms with Gasteiger partial charge >= 0.3 is 0 Å². The predicted molar refractivity (Wildman–Crippen MR) is 88.1 cm³/mol. The van der Waals surface area contributed by atoms with Gasteiger partial charge in [0.05, 0.1) is 17.5 Å². The molecule has 1 atom stereocenters. The molecule has 2 aromatic carbocycles. The molecule has 0 saturated carbocycles. The van der Waals surface area contributed by atoms with Gasteiger partial charge in [-0.3, -0.25) is 0 Å². The minimum atomic E-state index is -0.483. The molecule has 2 aromatic rings. The van der Waals surface area contributed by atoms with Crippen LogP contribution in [0.4, 0.5) is 5.69 Å². The van der Waals surface area contributed by atoms with Crippen molar-refractivity contribution in [3.05, 3.63) is 59.8 Å². The zero-order valence-electron chi connectivity index (χ0n) is 12.6. The maximum Gasteiger partial charge on any atom is 0.155 e. The summed E-state index contributed by atoms with van der Waals surface area (Å²) in [6.45, 7) is 4.01. The number of ether oxygens (including phenoxy) is 1. The highest BCUT2D eigenvalue weighted by Crippen LogP contribution is 2.46. The van der Waals surface area contributed by atoms with Gasteiger partial charge in [-0.1, -0.05) is 42.5 Å². The number of benzene rings is 2. The number of nitriles is 1. The first kappa shape index (κ1) is 13.1. The van der Waals surface area contributed by atoms with Gasteiger partial charge in [0.25, 0.3) is 0 Å². The fourth-order valence-corrected chi connectivity index (χ4v) is 3.38. The highest BCUT2D eigenvalue weighted by Gasteiger charge is 2.44. The van der Waals surface area contributed by atoms with Gasteiger partial charge < -0.3 is 9.64 Å². The lowest BCUT2D eigenvalue weighted by Crippen LogP contribution is -2.30. The molecule has 0 spiro atoms. The second kappa shape index (κ2) is 4.46. The number of hydrogen-bond donors (Lipinski definition) is 0. The third-order valence-corrected chi connectivity index (χ3v) is 4.36. The van der Waals surface area contributed by atoms with Gasteiger partial charge in [0.15, 0.2) is 6.23 Å². The van der Waals surface area contributed by atoms with Crippen molar-refractivity contribution in [1.82, 2.24) is 0 Å². The Morgan fingerprint density at radius 3 is 2.86 bits per heavy atom. The van der Waals surface area contributed by atoms with E-state index in [1.54, 1.807) is 6.08 Å². The van der Waals surface area contributed by atoms with Crippen molar-refractivity contribution >= 4 is 22.5 Å². The van der Waals surface area contributed by atoms with E-state index >= 15 is 0 Å². The van der Waals surface area contributed by atoms with Crippen LogP contribution < -0.4 is 4.90 Å². The quantitative estimate of drug-likeness (QED) is 0.681. The normalized spacial score (nSPS) is 23.4. The molecule has 1 unspecified atom stereocenters. The van der Waals surface area contributed by atoms with E-state index in [0.717, 1.165) is 16.9 Å². The maximum atomic E-state index is 9.18. The van der Waals surface area contributed by atoms with E-state index in [1.807, 2.05) is 26.0 Å². The molecule has 108 valence electrons. The molecule has 1 fully saturated rings. The first-order valence-electron chi connectivity index (χ1n) is 7.39. The number of allylic oxidation sites excluding steroid dienone is 1. The molecule has 0 radical (unpaired) electrons. The largest absolute Gasteiger partial charge is 0.342 e.